The molecule has 0 radical (unpaired) electrons. The standard InChI is InChI=1S/C7H11N3OS/c1-12-7-9-3-2-6(10-7)5(8)4-11/h2-3,5,11H,4,8H2,1H3. The number of aliphatic hydroxyl groups is 1. The fourth-order valence-corrected chi connectivity index (χ4v) is 1.12. The van der Waals surface area contributed by atoms with Crippen LogP contribution in [0.15, 0.2) is 17.4 Å². The summed E-state index contributed by atoms with van der Waals surface area (Å²) in [6, 6.07) is 1.31. The summed E-state index contributed by atoms with van der Waals surface area (Å²) in [7, 11) is 0. The second kappa shape index (κ2) is 4.39. The van der Waals surface area contributed by atoms with E-state index in [4.69, 9.17) is 10.8 Å². The van der Waals surface area contributed by atoms with E-state index in [2.05, 4.69) is 9.97 Å². The van der Waals surface area contributed by atoms with Gasteiger partial charge >= 0.3 is 0 Å². The molecular formula is C7H11N3OS. The van der Waals surface area contributed by atoms with Crippen LogP contribution in [0.5, 0.6) is 0 Å². The van der Waals surface area contributed by atoms with Crippen LogP contribution in [0.3, 0.4) is 0 Å². The van der Waals surface area contributed by atoms with Gasteiger partial charge in [-0.25, -0.2) is 9.97 Å². The van der Waals surface area contributed by atoms with Crippen molar-refractivity contribution in [1.82, 2.24) is 9.97 Å². The number of nitrogens with zero attached hydrogens (tertiary/aromatic N) is 2. The Morgan fingerprint density at radius 3 is 3.08 bits per heavy atom. The van der Waals surface area contributed by atoms with Crippen LogP contribution in [0.4, 0.5) is 0 Å². The fraction of sp³-hybridized carbons (Fsp3) is 0.429. The van der Waals surface area contributed by atoms with Gasteiger partial charge in [0.25, 0.3) is 0 Å². The maximum absolute atomic E-state index is 8.76. The van der Waals surface area contributed by atoms with E-state index in [-0.39, 0.29) is 6.61 Å². The van der Waals surface area contributed by atoms with Crippen LogP contribution >= 0.6 is 11.8 Å². The van der Waals surface area contributed by atoms with E-state index in [9.17, 15) is 0 Å². The van der Waals surface area contributed by atoms with Gasteiger partial charge in [-0.05, 0) is 12.3 Å². The summed E-state index contributed by atoms with van der Waals surface area (Å²) in [6.45, 7) is -0.0924. The van der Waals surface area contributed by atoms with Crippen LogP contribution in [0.25, 0.3) is 0 Å². The van der Waals surface area contributed by atoms with Gasteiger partial charge in [-0.2, -0.15) is 0 Å². The van der Waals surface area contributed by atoms with Crippen LogP contribution in [0.2, 0.25) is 0 Å². The molecule has 1 atom stereocenters. The van der Waals surface area contributed by atoms with Crippen LogP contribution in [0.1, 0.15) is 11.7 Å². The Bertz CT molecular complexity index is 256. The van der Waals surface area contributed by atoms with Crippen molar-refractivity contribution in [2.45, 2.75) is 11.2 Å². The molecule has 0 aliphatic heterocycles. The molecule has 0 saturated heterocycles. The molecule has 0 amide bonds. The number of aromatic nitrogens is 2. The lowest BCUT2D eigenvalue weighted by Crippen LogP contribution is -2.16. The SMILES string of the molecule is CSc1nccc(C(N)CO)n1. The molecule has 1 aromatic rings. The zero-order valence-electron chi connectivity index (χ0n) is 6.77. The van der Waals surface area contributed by atoms with E-state index in [1.807, 2.05) is 6.26 Å². The van der Waals surface area contributed by atoms with E-state index in [0.29, 0.717) is 10.9 Å². The van der Waals surface area contributed by atoms with E-state index in [1.54, 1.807) is 12.3 Å². The van der Waals surface area contributed by atoms with Gasteiger partial charge in [0.05, 0.1) is 18.3 Å². The highest BCUT2D eigenvalue weighted by Gasteiger charge is 2.06. The smallest absolute Gasteiger partial charge is 0.187 e. The second-order valence-electron chi connectivity index (χ2n) is 2.26. The molecule has 0 aliphatic rings. The molecule has 12 heavy (non-hydrogen) atoms. The van der Waals surface area contributed by atoms with Crippen LogP contribution in [-0.2, 0) is 0 Å². The molecule has 3 N–H and O–H groups in total. The molecule has 1 aromatic heterocycles. The summed E-state index contributed by atoms with van der Waals surface area (Å²) < 4.78 is 0. The van der Waals surface area contributed by atoms with Crippen molar-refractivity contribution in [3.8, 4) is 0 Å². The van der Waals surface area contributed by atoms with Gasteiger partial charge in [0.15, 0.2) is 5.16 Å². The number of nitrogens with two attached hydrogens (primary N) is 1. The molecule has 1 heterocycles. The maximum Gasteiger partial charge on any atom is 0.187 e. The van der Waals surface area contributed by atoms with Crippen molar-refractivity contribution in [3.63, 3.8) is 0 Å². The molecule has 0 aromatic carbocycles. The quantitative estimate of drug-likeness (QED) is 0.519. The Morgan fingerprint density at radius 1 is 1.75 bits per heavy atom. The summed E-state index contributed by atoms with van der Waals surface area (Å²) in [6.07, 6.45) is 3.53. The Morgan fingerprint density at radius 2 is 2.50 bits per heavy atom. The molecular weight excluding hydrogens is 174 g/mol. The number of aliphatic hydroxyl groups excluding tert-OH is 1. The first kappa shape index (κ1) is 9.44. The third-order valence-electron chi connectivity index (χ3n) is 1.41. The van der Waals surface area contributed by atoms with Crippen molar-refractivity contribution in [2.75, 3.05) is 12.9 Å². The number of thioether (sulfide) groups is 1. The van der Waals surface area contributed by atoms with E-state index in [0.717, 1.165) is 0 Å². The van der Waals surface area contributed by atoms with Gasteiger partial charge in [0, 0.05) is 6.20 Å². The van der Waals surface area contributed by atoms with Gasteiger partial charge in [0.1, 0.15) is 0 Å². The highest BCUT2D eigenvalue weighted by molar-refractivity contribution is 7.98. The third-order valence-corrected chi connectivity index (χ3v) is 1.98. The van der Waals surface area contributed by atoms with Crippen molar-refractivity contribution >= 4 is 11.8 Å². The largest absolute Gasteiger partial charge is 0.394 e. The summed E-state index contributed by atoms with van der Waals surface area (Å²) in [5.74, 6) is 0. The van der Waals surface area contributed by atoms with Crippen LogP contribution < -0.4 is 5.73 Å². The summed E-state index contributed by atoms with van der Waals surface area (Å²) in [5, 5.41) is 9.44. The summed E-state index contributed by atoms with van der Waals surface area (Å²) >= 11 is 1.45. The lowest BCUT2D eigenvalue weighted by molar-refractivity contribution is 0.265. The van der Waals surface area contributed by atoms with Gasteiger partial charge in [0.2, 0.25) is 0 Å². The average Bonchev–Trinajstić information content (AvgIpc) is 2.17. The molecule has 5 heteroatoms. The van der Waals surface area contributed by atoms with Crippen molar-refractivity contribution < 1.29 is 5.11 Å². The van der Waals surface area contributed by atoms with E-state index < -0.39 is 6.04 Å². The lowest BCUT2D eigenvalue weighted by Gasteiger charge is -2.06. The third kappa shape index (κ3) is 2.17. The minimum Gasteiger partial charge on any atom is -0.394 e. The highest BCUT2D eigenvalue weighted by atomic mass is 32.2. The van der Waals surface area contributed by atoms with Gasteiger partial charge in [-0.1, -0.05) is 11.8 Å². The Kier molecular flexibility index (Phi) is 3.46. The van der Waals surface area contributed by atoms with Crippen LogP contribution in [0, 0.1) is 0 Å². The van der Waals surface area contributed by atoms with E-state index in [1.165, 1.54) is 11.8 Å². The molecule has 0 saturated carbocycles. The second-order valence-corrected chi connectivity index (χ2v) is 3.03. The zero-order chi connectivity index (χ0) is 8.97. The van der Waals surface area contributed by atoms with Crippen molar-refractivity contribution in [2.24, 2.45) is 5.73 Å². The minimum atomic E-state index is -0.404. The molecule has 1 rings (SSSR count). The molecule has 4 nitrogen and oxygen atoms in total. The van der Waals surface area contributed by atoms with Gasteiger partial charge in [-0.15, -0.1) is 0 Å². The summed E-state index contributed by atoms with van der Waals surface area (Å²) in [5.41, 5.74) is 6.25. The first-order valence-electron chi connectivity index (χ1n) is 3.51. The first-order chi connectivity index (χ1) is 5.77. The Labute approximate surface area is 75.2 Å². The van der Waals surface area contributed by atoms with Crippen LogP contribution in [-0.4, -0.2) is 27.9 Å². The lowest BCUT2D eigenvalue weighted by atomic mass is 10.2. The minimum absolute atomic E-state index is 0.0924. The van der Waals surface area contributed by atoms with E-state index >= 15 is 0 Å². The Hall–Kier alpha value is -0.650. The van der Waals surface area contributed by atoms with Gasteiger partial charge < -0.3 is 10.8 Å². The molecule has 0 spiro atoms. The molecule has 1 unspecified atom stereocenters. The fourth-order valence-electron chi connectivity index (χ4n) is 0.752. The zero-order valence-corrected chi connectivity index (χ0v) is 7.58. The summed E-state index contributed by atoms with van der Waals surface area (Å²) in [4.78, 5) is 8.12. The van der Waals surface area contributed by atoms with Gasteiger partial charge in [-0.3, -0.25) is 0 Å². The van der Waals surface area contributed by atoms with Crippen molar-refractivity contribution in [3.05, 3.63) is 18.0 Å². The molecule has 0 aliphatic carbocycles. The van der Waals surface area contributed by atoms with Crippen molar-refractivity contribution in [1.29, 1.82) is 0 Å². The molecule has 0 bridgehead atoms. The highest BCUT2D eigenvalue weighted by Crippen LogP contribution is 2.11. The number of rotatable bonds is 3. The average molecular weight is 185 g/mol. The number of hydrogen-bond acceptors (Lipinski definition) is 5. The molecule has 66 valence electrons. The topological polar surface area (TPSA) is 72.0 Å². The number of hydrogen-bond donors (Lipinski definition) is 2. The predicted molar refractivity (Wildman–Crippen MR) is 47.8 cm³/mol. The maximum atomic E-state index is 8.76. The molecule has 0 fully saturated rings. The predicted octanol–water partition coefficient (Wildman–Crippen LogP) is 0.191. The first-order valence-corrected chi connectivity index (χ1v) is 4.73. The normalized spacial score (nSPS) is 12.9. The monoisotopic (exact) mass is 185 g/mol. The Balaban J connectivity index is 2.86.